The molecular weight excluding hydrogens is 363 g/mol. The molecule has 5 nitrogen and oxygen atoms in total. The van der Waals surface area contributed by atoms with Gasteiger partial charge in [-0.15, -0.1) is 0 Å². The Hall–Kier alpha value is -0.700. The van der Waals surface area contributed by atoms with Gasteiger partial charge in [0.2, 0.25) is 10.0 Å². The van der Waals surface area contributed by atoms with Crippen LogP contribution >= 0.6 is 15.9 Å². The molecule has 1 aliphatic rings. The first-order valence-corrected chi connectivity index (χ1v) is 8.91. The Morgan fingerprint density at radius 2 is 2.19 bits per heavy atom. The standard InChI is InChI=1S/C13H18BrFN2O3S/c1-8-11(4-3-5-16-8)17-21(18,19)13-7-10(15)9(14)6-12(13)20-2/h6-8,11,16-17H,3-5H2,1-2H3. The third-order valence-electron chi connectivity index (χ3n) is 3.56. The monoisotopic (exact) mass is 380 g/mol. The van der Waals surface area contributed by atoms with Gasteiger partial charge >= 0.3 is 0 Å². The number of hydrogen-bond acceptors (Lipinski definition) is 4. The minimum atomic E-state index is -3.85. The zero-order chi connectivity index (χ0) is 15.6. The molecule has 1 aromatic rings. The summed E-state index contributed by atoms with van der Waals surface area (Å²) in [6.07, 6.45) is 1.64. The SMILES string of the molecule is COc1cc(Br)c(F)cc1S(=O)(=O)NC1CCCNC1C. The van der Waals surface area contributed by atoms with Crippen LogP contribution in [0.2, 0.25) is 0 Å². The number of nitrogens with one attached hydrogen (secondary N) is 2. The molecule has 2 unspecified atom stereocenters. The summed E-state index contributed by atoms with van der Waals surface area (Å²) in [4.78, 5) is -0.191. The van der Waals surface area contributed by atoms with E-state index in [0.29, 0.717) is 0 Å². The Labute approximate surface area is 132 Å². The molecule has 0 aromatic heterocycles. The zero-order valence-corrected chi connectivity index (χ0v) is 14.2. The predicted octanol–water partition coefficient (Wildman–Crippen LogP) is 2.02. The highest BCUT2D eigenvalue weighted by Gasteiger charge is 2.29. The normalized spacial score (nSPS) is 23.0. The Kier molecular flexibility index (Phi) is 5.24. The van der Waals surface area contributed by atoms with Crippen LogP contribution in [-0.4, -0.2) is 34.2 Å². The highest BCUT2D eigenvalue weighted by molar-refractivity contribution is 9.10. The summed E-state index contributed by atoms with van der Waals surface area (Å²) in [5.41, 5.74) is 0. The molecule has 0 spiro atoms. The van der Waals surface area contributed by atoms with Crippen molar-refractivity contribution in [1.82, 2.24) is 10.0 Å². The first-order valence-electron chi connectivity index (χ1n) is 6.64. The lowest BCUT2D eigenvalue weighted by Crippen LogP contribution is -2.51. The van der Waals surface area contributed by atoms with E-state index in [2.05, 4.69) is 26.0 Å². The van der Waals surface area contributed by atoms with E-state index in [0.717, 1.165) is 25.5 Å². The van der Waals surface area contributed by atoms with Crippen LogP contribution in [0.3, 0.4) is 0 Å². The lowest BCUT2D eigenvalue weighted by Gasteiger charge is -2.30. The summed E-state index contributed by atoms with van der Waals surface area (Å²) in [5, 5.41) is 3.22. The van der Waals surface area contributed by atoms with Crippen molar-refractivity contribution in [2.75, 3.05) is 13.7 Å². The van der Waals surface area contributed by atoms with Gasteiger partial charge in [0, 0.05) is 12.1 Å². The van der Waals surface area contributed by atoms with Gasteiger partial charge in [0.05, 0.1) is 11.6 Å². The number of halogens is 2. The zero-order valence-electron chi connectivity index (χ0n) is 11.8. The van der Waals surface area contributed by atoms with E-state index in [1.165, 1.54) is 13.2 Å². The smallest absolute Gasteiger partial charge is 0.244 e. The van der Waals surface area contributed by atoms with Crippen molar-refractivity contribution < 1.29 is 17.5 Å². The van der Waals surface area contributed by atoms with Gasteiger partial charge < -0.3 is 10.1 Å². The van der Waals surface area contributed by atoms with E-state index >= 15 is 0 Å². The molecule has 8 heteroatoms. The molecule has 1 saturated heterocycles. The fourth-order valence-electron chi connectivity index (χ4n) is 2.35. The molecule has 21 heavy (non-hydrogen) atoms. The summed E-state index contributed by atoms with van der Waals surface area (Å²) < 4.78 is 46.5. The summed E-state index contributed by atoms with van der Waals surface area (Å²) in [5.74, 6) is -0.543. The molecule has 0 radical (unpaired) electrons. The van der Waals surface area contributed by atoms with Gasteiger partial charge in [-0.3, -0.25) is 0 Å². The molecule has 1 aromatic carbocycles. The van der Waals surface area contributed by atoms with Crippen molar-refractivity contribution in [3.63, 3.8) is 0 Å². The minimum Gasteiger partial charge on any atom is -0.495 e. The lowest BCUT2D eigenvalue weighted by molar-refractivity contribution is 0.347. The van der Waals surface area contributed by atoms with Gasteiger partial charge in [-0.25, -0.2) is 17.5 Å². The van der Waals surface area contributed by atoms with Crippen molar-refractivity contribution in [2.24, 2.45) is 0 Å². The predicted molar refractivity (Wildman–Crippen MR) is 81.5 cm³/mol. The largest absolute Gasteiger partial charge is 0.495 e. The number of hydrogen-bond donors (Lipinski definition) is 2. The maximum absolute atomic E-state index is 13.7. The lowest BCUT2D eigenvalue weighted by atomic mass is 10.0. The molecule has 1 fully saturated rings. The highest BCUT2D eigenvalue weighted by Crippen LogP contribution is 2.30. The van der Waals surface area contributed by atoms with E-state index in [4.69, 9.17) is 4.74 Å². The molecule has 2 N–H and O–H groups in total. The van der Waals surface area contributed by atoms with Gasteiger partial charge in [-0.2, -0.15) is 0 Å². The Morgan fingerprint density at radius 3 is 2.81 bits per heavy atom. The maximum Gasteiger partial charge on any atom is 0.244 e. The second kappa shape index (κ2) is 6.60. The van der Waals surface area contributed by atoms with Gasteiger partial charge in [0.15, 0.2) is 0 Å². The summed E-state index contributed by atoms with van der Waals surface area (Å²) >= 11 is 3.02. The summed E-state index contributed by atoms with van der Waals surface area (Å²) in [6.45, 7) is 2.79. The third kappa shape index (κ3) is 3.74. The van der Waals surface area contributed by atoms with E-state index in [1.54, 1.807) is 0 Å². The molecule has 0 aliphatic carbocycles. The quantitative estimate of drug-likeness (QED) is 0.838. The Balaban J connectivity index is 2.33. The molecule has 1 aliphatic heterocycles. The molecule has 1 heterocycles. The number of rotatable bonds is 4. The Morgan fingerprint density at radius 1 is 1.48 bits per heavy atom. The van der Waals surface area contributed by atoms with E-state index < -0.39 is 15.8 Å². The number of sulfonamides is 1. The fourth-order valence-corrected chi connectivity index (χ4v) is 4.18. The summed E-state index contributed by atoms with van der Waals surface area (Å²) in [6, 6.07) is 2.08. The van der Waals surface area contributed by atoms with Crippen LogP contribution < -0.4 is 14.8 Å². The Bertz CT molecular complexity index is 624. The second-order valence-electron chi connectivity index (χ2n) is 5.03. The first kappa shape index (κ1) is 16.7. The van der Waals surface area contributed by atoms with Crippen LogP contribution in [-0.2, 0) is 10.0 Å². The van der Waals surface area contributed by atoms with Crippen LogP contribution in [0.25, 0.3) is 0 Å². The molecule has 0 saturated carbocycles. The van der Waals surface area contributed by atoms with Crippen molar-refractivity contribution in [3.05, 3.63) is 22.4 Å². The number of piperidine rings is 1. The maximum atomic E-state index is 13.7. The average Bonchev–Trinajstić information content (AvgIpc) is 2.43. The molecule has 0 bridgehead atoms. The molecule has 2 rings (SSSR count). The van der Waals surface area contributed by atoms with Crippen molar-refractivity contribution in [1.29, 1.82) is 0 Å². The van der Waals surface area contributed by atoms with Crippen LogP contribution in [0.15, 0.2) is 21.5 Å². The van der Waals surface area contributed by atoms with Crippen LogP contribution in [0.5, 0.6) is 5.75 Å². The number of ether oxygens (including phenoxy) is 1. The average molecular weight is 381 g/mol. The van der Waals surface area contributed by atoms with E-state index in [-0.39, 0.29) is 27.2 Å². The van der Waals surface area contributed by atoms with Gasteiger partial charge in [-0.1, -0.05) is 0 Å². The topological polar surface area (TPSA) is 67.4 Å². The highest BCUT2D eigenvalue weighted by atomic mass is 79.9. The van der Waals surface area contributed by atoms with Gasteiger partial charge in [0.25, 0.3) is 0 Å². The van der Waals surface area contributed by atoms with Gasteiger partial charge in [-0.05, 0) is 54.4 Å². The van der Waals surface area contributed by atoms with Crippen LogP contribution in [0, 0.1) is 5.82 Å². The fraction of sp³-hybridized carbons (Fsp3) is 0.538. The van der Waals surface area contributed by atoms with Crippen molar-refractivity contribution >= 4 is 26.0 Å². The molecule has 118 valence electrons. The minimum absolute atomic E-state index is 0.0276. The van der Waals surface area contributed by atoms with Crippen LogP contribution in [0.1, 0.15) is 19.8 Å². The van der Waals surface area contributed by atoms with Crippen molar-refractivity contribution in [3.8, 4) is 5.75 Å². The van der Waals surface area contributed by atoms with Crippen molar-refractivity contribution in [2.45, 2.75) is 36.7 Å². The third-order valence-corrected chi connectivity index (χ3v) is 5.68. The van der Waals surface area contributed by atoms with E-state index in [9.17, 15) is 12.8 Å². The first-order chi connectivity index (χ1) is 9.85. The van der Waals surface area contributed by atoms with Crippen LogP contribution in [0.4, 0.5) is 4.39 Å². The molecular formula is C13H18BrFN2O3S. The summed E-state index contributed by atoms with van der Waals surface area (Å²) in [7, 11) is -2.50. The van der Waals surface area contributed by atoms with Gasteiger partial charge in [0.1, 0.15) is 16.5 Å². The molecule has 0 amide bonds. The number of benzene rings is 1. The molecule has 2 atom stereocenters. The van der Waals surface area contributed by atoms with E-state index in [1.807, 2.05) is 6.92 Å². The number of methoxy groups -OCH3 is 1. The second-order valence-corrected chi connectivity index (χ2v) is 7.57.